The third kappa shape index (κ3) is 5.25. The van der Waals surface area contributed by atoms with Gasteiger partial charge >= 0.3 is 6.03 Å². The Balaban J connectivity index is 1.50. The summed E-state index contributed by atoms with van der Waals surface area (Å²) in [6.45, 7) is 3.09. The molecule has 150 valence electrons. The quantitative estimate of drug-likeness (QED) is 0.795. The first kappa shape index (κ1) is 20.2. The highest BCUT2D eigenvalue weighted by atomic mass is 32.1. The second-order valence-corrected chi connectivity index (χ2v) is 7.62. The standard InChI is InChI=1S/C19H22F2N4O2S/c1-12(26)22-7-4-15-11-28-18(23-15)13-5-8-25(9-6-13)19(27)24-17-10-14(20)2-3-16(17)21/h2-3,10-11,13H,4-9H2,1H3,(H,22,26)(H,24,27). The van der Waals surface area contributed by atoms with Gasteiger partial charge in [0.05, 0.1) is 16.4 Å². The first-order valence-corrected chi connectivity index (χ1v) is 10.00. The van der Waals surface area contributed by atoms with Crippen LogP contribution in [-0.2, 0) is 11.2 Å². The van der Waals surface area contributed by atoms with Crippen LogP contribution in [0.2, 0.25) is 0 Å². The van der Waals surface area contributed by atoms with Crippen molar-refractivity contribution in [1.82, 2.24) is 15.2 Å². The van der Waals surface area contributed by atoms with Crippen molar-refractivity contribution in [3.8, 4) is 0 Å². The van der Waals surface area contributed by atoms with Crippen molar-refractivity contribution in [2.75, 3.05) is 25.0 Å². The van der Waals surface area contributed by atoms with Crippen LogP contribution in [0.5, 0.6) is 0 Å². The number of rotatable bonds is 5. The fraction of sp³-hybridized carbons (Fsp3) is 0.421. The molecule has 2 heterocycles. The van der Waals surface area contributed by atoms with Gasteiger partial charge < -0.3 is 15.5 Å². The summed E-state index contributed by atoms with van der Waals surface area (Å²) in [5.74, 6) is -1.05. The van der Waals surface area contributed by atoms with Gasteiger partial charge in [-0.3, -0.25) is 4.79 Å². The molecule has 2 N–H and O–H groups in total. The number of likely N-dealkylation sites (tertiary alicyclic amines) is 1. The van der Waals surface area contributed by atoms with Gasteiger partial charge in [-0.2, -0.15) is 0 Å². The number of nitrogens with one attached hydrogen (secondary N) is 2. The molecule has 6 nitrogen and oxygen atoms in total. The topological polar surface area (TPSA) is 74.3 Å². The summed E-state index contributed by atoms with van der Waals surface area (Å²) >= 11 is 1.60. The summed E-state index contributed by atoms with van der Waals surface area (Å²) in [7, 11) is 0. The third-order valence-electron chi connectivity index (χ3n) is 4.63. The molecule has 1 fully saturated rings. The van der Waals surface area contributed by atoms with E-state index in [-0.39, 0.29) is 17.5 Å². The van der Waals surface area contributed by atoms with E-state index in [1.54, 1.807) is 16.2 Å². The molecule has 1 aliphatic rings. The number of hydrogen-bond donors (Lipinski definition) is 2. The van der Waals surface area contributed by atoms with E-state index in [0.717, 1.165) is 41.7 Å². The maximum absolute atomic E-state index is 13.7. The lowest BCUT2D eigenvalue weighted by atomic mass is 9.98. The Morgan fingerprint density at radius 1 is 1.29 bits per heavy atom. The maximum Gasteiger partial charge on any atom is 0.321 e. The first-order chi connectivity index (χ1) is 13.4. The molecular weight excluding hydrogens is 386 g/mol. The van der Waals surface area contributed by atoms with Gasteiger partial charge in [0.2, 0.25) is 5.91 Å². The minimum atomic E-state index is -0.667. The predicted molar refractivity (Wildman–Crippen MR) is 103 cm³/mol. The van der Waals surface area contributed by atoms with E-state index in [4.69, 9.17) is 0 Å². The molecule has 0 aliphatic carbocycles. The lowest BCUT2D eigenvalue weighted by molar-refractivity contribution is -0.118. The lowest BCUT2D eigenvalue weighted by Crippen LogP contribution is -2.40. The Bertz CT molecular complexity index is 850. The van der Waals surface area contributed by atoms with Crippen LogP contribution >= 0.6 is 11.3 Å². The number of urea groups is 1. The minimum absolute atomic E-state index is 0.0563. The molecule has 9 heteroatoms. The van der Waals surface area contributed by atoms with E-state index in [1.807, 2.05) is 5.38 Å². The molecule has 0 bridgehead atoms. The van der Waals surface area contributed by atoms with Crippen LogP contribution in [-0.4, -0.2) is 41.5 Å². The molecule has 0 spiro atoms. The van der Waals surface area contributed by atoms with Crippen LogP contribution in [0.1, 0.15) is 36.4 Å². The molecule has 0 atom stereocenters. The van der Waals surface area contributed by atoms with E-state index in [9.17, 15) is 18.4 Å². The van der Waals surface area contributed by atoms with Crippen LogP contribution in [0.4, 0.5) is 19.3 Å². The number of thiazole rings is 1. The largest absolute Gasteiger partial charge is 0.356 e. The summed E-state index contributed by atoms with van der Waals surface area (Å²) in [5.41, 5.74) is 0.798. The molecule has 0 unspecified atom stereocenters. The van der Waals surface area contributed by atoms with Crippen molar-refractivity contribution in [1.29, 1.82) is 0 Å². The zero-order chi connectivity index (χ0) is 20.1. The van der Waals surface area contributed by atoms with E-state index in [1.165, 1.54) is 6.92 Å². The van der Waals surface area contributed by atoms with Gasteiger partial charge in [0, 0.05) is 50.3 Å². The van der Waals surface area contributed by atoms with Crippen molar-refractivity contribution in [2.45, 2.75) is 32.1 Å². The highest BCUT2D eigenvalue weighted by Gasteiger charge is 2.26. The molecule has 1 aromatic carbocycles. The number of carbonyl (C=O) groups excluding carboxylic acids is 2. The van der Waals surface area contributed by atoms with Crippen molar-refractivity contribution < 1.29 is 18.4 Å². The van der Waals surface area contributed by atoms with Gasteiger partial charge in [-0.15, -0.1) is 11.3 Å². The molecule has 1 aromatic heterocycles. The summed E-state index contributed by atoms with van der Waals surface area (Å²) in [6.07, 6.45) is 2.21. The molecule has 0 saturated carbocycles. The summed E-state index contributed by atoms with van der Waals surface area (Å²) in [5, 5.41) is 8.23. The van der Waals surface area contributed by atoms with Crippen LogP contribution in [0.25, 0.3) is 0 Å². The van der Waals surface area contributed by atoms with Crippen molar-refractivity contribution in [2.24, 2.45) is 0 Å². The molecule has 2 aromatic rings. The number of hydrogen-bond acceptors (Lipinski definition) is 4. The minimum Gasteiger partial charge on any atom is -0.356 e. The number of aromatic nitrogens is 1. The average molecular weight is 408 g/mol. The molecule has 3 amide bonds. The van der Waals surface area contributed by atoms with Crippen LogP contribution in [0, 0.1) is 11.6 Å². The summed E-state index contributed by atoms with van der Waals surface area (Å²) in [6, 6.07) is 2.54. The Labute approximate surface area is 166 Å². The van der Waals surface area contributed by atoms with E-state index < -0.39 is 17.7 Å². The van der Waals surface area contributed by atoms with E-state index >= 15 is 0 Å². The van der Waals surface area contributed by atoms with E-state index in [2.05, 4.69) is 15.6 Å². The second-order valence-electron chi connectivity index (χ2n) is 6.73. The third-order valence-corrected chi connectivity index (χ3v) is 5.68. The van der Waals surface area contributed by atoms with Gasteiger partial charge in [0.15, 0.2) is 0 Å². The van der Waals surface area contributed by atoms with Gasteiger partial charge in [-0.05, 0) is 25.0 Å². The van der Waals surface area contributed by atoms with Crippen molar-refractivity contribution >= 4 is 29.0 Å². The monoisotopic (exact) mass is 408 g/mol. The SMILES string of the molecule is CC(=O)NCCc1csc(C2CCN(C(=O)Nc3cc(F)ccc3F)CC2)n1. The number of nitrogens with zero attached hydrogens (tertiary/aromatic N) is 2. The maximum atomic E-state index is 13.7. The lowest BCUT2D eigenvalue weighted by Gasteiger charge is -2.31. The highest BCUT2D eigenvalue weighted by Crippen LogP contribution is 2.30. The van der Waals surface area contributed by atoms with Crippen molar-refractivity contribution in [3.63, 3.8) is 0 Å². The Morgan fingerprint density at radius 2 is 2.04 bits per heavy atom. The Kier molecular flexibility index (Phi) is 6.56. The predicted octanol–water partition coefficient (Wildman–Crippen LogP) is 3.51. The van der Waals surface area contributed by atoms with Gasteiger partial charge in [-0.1, -0.05) is 0 Å². The number of piperidine rings is 1. The molecule has 1 saturated heterocycles. The first-order valence-electron chi connectivity index (χ1n) is 9.12. The van der Waals surface area contributed by atoms with Gasteiger partial charge in [-0.25, -0.2) is 18.6 Å². The smallest absolute Gasteiger partial charge is 0.321 e. The van der Waals surface area contributed by atoms with Crippen LogP contribution in [0.3, 0.4) is 0 Å². The Morgan fingerprint density at radius 3 is 2.75 bits per heavy atom. The molecule has 28 heavy (non-hydrogen) atoms. The molecular formula is C19H22F2N4O2S. The second kappa shape index (κ2) is 9.09. The number of amides is 3. The molecule has 0 radical (unpaired) electrons. The van der Waals surface area contributed by atoms with Gasteiger partial charge in [0.25, 0.3) is 0 Å². The Hall–Kier alpha value is -2.55. The van der Waals surface area contributed by atoms with Gasteiger partial charge in [0.1, 0.15) is 11.6 Å². The molecule has 1 aliphatic heterocycles. The van der Waals surface area contributed by atoms with Crippen LogP contribution < -0.4 is 10.6 Å². The zero-order valence-electron chi connectivity index (χ0n) is 15.5. The number of benzene rings is 1. The summed E-state index contributed by atoms with van der Waals surface area (Å²) < 4.78 is 26.9. The fourth-order valence-corrected chi connectivity index (χ4v) is 4.13. The fourth-order valence-electron chi connectivity index (χ4n) is 3.11. The van der Waals surface area contributed by atoms with Crippen molar-refractivity contribution in [3.05, 3.63) is 45.9 Å². The number of anilines is 1. The van der Waals surface area contributed by atoms with E-state index in [0.29, 0.717) is 26.1 Å². The highest BCUT2D eigenvalue weighted by molar-refractivity contribution is 7.09. The van der Waals surface area contributed by atoms with Crippen LogP contribution in [0.15, 0.2) is 23.6 Å². The molecule has 3 rings (SSSR count). The normalized spacial score (nSPS) is 14.8. The average Bonchev–Trinajstić information content (AvgIpc) is 3.13. The zero-order valence-corrected chi connectivity index (χ0v) is 16.3. The number of halogens is 2. The number of carbonyl (C=O) groups is 2. The summed E-state index contributed by atoms with van der Waals surface area (Å²) in [4.78, 5) is 29.5.